The van der Waals surface area contributed by atoms with Crippen molar-refractivity contribution < 1.29 is 17.6 Å². The number of carbonyl (C=O) groups is 1. The molecule has 1 N–H and O–H groups in total. The van der Waals surface area contributed by atoms with Crippen LogP contribution < -0.4 is 9.62 Å². The van der Waals surface area contributed by atoms with Gasteiger partial charge >= 0.3 is 0 Å². The predicted molar refractivity (Wildman–Crippen MR) is 120 cm³/mol. The highest BCUT2D eigenvalue weighted by Gasteiger charge is 2.30. The molecule has 0 atom stereocenters. The highest BCUT2D eigenvalue weighted by atomic mass is 35.5. The van der Waals surface area contributed by atoms with E-state index in [1.54, 1.807) is 36.7 Å². The smallest absolute Gasteiger partial charge is 0.257 e. The molecule has 0 bridgehead atoms. The van der Waals surface area contributed by atoms with Crippen LogP contribution in [0.25, 0.3) is 11.1 Å². The maximum absolute atomic E-state index is 14.4. The van der Waals surface area contributed by atoms with E-state index in [9.17, 15) is 17.6 Å². The van der Waals surface area contributed by atoms with Gasteiger partial charge in [-0.25, -0.2) is 12.8 Å². The molecular formula is C21H16Cl2FN3O3S. The SMILES string of the molecule is O=C(Nc1cc(Cl)cc(-c2cccnc2)c1)c1cc(N2CCCS2(=O)=O)cc(F)c1Cl. The van der Waals surface area contributed by atoms with Crippen LogP contribution in [-0.2, 0) is 10.0 Å². The molecule has 1 aromatic heterocycles. The van der Waals surface area contributed by atoms with E-state index in [1.807, 2.05) is 6.07 Å². The molecule has 1 aliphatic heterocycles. The molecule has 0 unspecified atom stereocenters. The summed E-state index contributed by atoms with van der Waals surface area (Å²) < 4.78 is 39.9. The second-order valence-electron chi connectivity index (χ2n) is 6.96. The Labute approximate surface area is 188 Å². The zero-order valence-corrected chi connectivity index (χ0v) is 18.3. The van der Waals surface area contributed by atoms with Gasteiger partial charge in [-0.15, -0.1) is 0 Å². The molecule has 1 saturated heterocycles. The molecule has 10 heteroatoms. The van der Waals surface area contributed by atoms with Gasteiger partial charge in [-0.1, -0.05) is 29.3 Å². The summed E-state index contributed by atoms with van der Waals surface area (Å²) >= 11 is 12.2. The fraction of sp³-hybridized carbons (Fsp3) is 0.143. The van der Waals surface area contributed by atoms with Crippen LogP contribution in [0.3, 0.4) is 0 Å². The Bertz CT molecular complexity index is 1270. The molecule has 1 fully saturated rings. The lowest BCUT2D eigenvalue weighted by atomic mass is 10.1. The van der Waals surface area contributed by atoms with E-state index in [1.165, 1.54) is 6.07 Å². The van der Waals surface area contributed by atoms with Crippen molar-refractivity contribution in [1.82, 2.24) is 4.98 Å². The fourth-order valence-corrected chi connectivity index (χ4v) is 5.35. The molecule has 31 heavy (non-hydrogen) atoms. The lowest BCUT2D eigenvalue weighted by molar-refractivity contribution is 0.102. The Hall–Kier alpha value is -2.68. The molecule has 0 radical (unpaired) electrons. The number of benzene rings is 2. The average molecular weight is 480 g/mol. The first-order valence-electron chi connectivity index (χ1n) is 9.26. The molecular weight excluding hydrogens is 464 g/mol. The zero-order valence-electron chi connectivity index (χ0n) is 16.0. The molecule has 0 spiro atoms. The van der Waals surface area contributed by atoms with Gasteiger partial charge in [-0.05, 0) is 48.4 Å². The monoisotopic (exact) mass is 479 g/mol. The van der Waals surface area contributed by atoms with Gasteiger partial charge < -0.3 is 5.32 Å². The van der Waals surface area contributed by atoms with Gasteiger partial charge in [0.1, 0.15) is 5.82 Å². The maximum atomic E-state index is 14.4. The van der Waals surface area contributed by atoms with Gasteiger partial charge in [0.25, 0.3) is 5.91 Å². The number of hydrogen-bond donors (Lipinski definition) is 1. The first kappa shape index (κ1) is 21.5. The molecule has 4 rings (SSSR count). The molecule has 1 aliphatic rings. The van der Waals surface area contributed by atoms with E-state index in [0.29, 0.717) is 17.1 Å². The summed E-state index contributed by atoms with van der Waals surface area (Å²) in [6.07, 6.45) is 3.72. The normalized spacial score (nSPS) is 15.1. The van der Waals surface area contributed by atoms with E-state index >= 15 is 0 Å². The summed E-state index contributed by atoms with van der Waals surface area (Å²) in [7, 11) is -3.54. The summed E-state index contributed by atoms with van der Waals surface area (Å²) in [5, 5.41) is 2.64. The van der Waals surface area contributed by atoms with Crippen LogP contribution in [0.15, 0.2) is 54.9 Å². The number of amides is 1. The number of anilines is 2. The number of nitrogens with zero attached hydrogens (tertiary/aromatic N) is 2. The highest BCUT2D eigenvalue weighted by Crippen LogP contribution is 2.32. The van der Waals surface area contributed by atoms with E-state index in [0.717, 1.165) is 21.5 Å². The van der Waals surface area contributed by atoms with Gasteiger partial charge in [0.15, 0.2) is 0 Å². The van der Waals surface area contributed by atoms with E-state index < -0.39 is 26.8 Å². The van der Waals surface area contributed by atoms with Crippen LogP contribution in [0.5, 0.6) is 0 Å². The third-order valence-corrected chi connectivity index (χ3v) is 7.27. The van der Waals surface area contributed by atoms with Crippen LogP contribution in [-0.4, -0.2) is 31.6 Å². The minimum Gasteiger partial charge on any atom is -0.322 e. The molecule has 0 saturated carbocycles. The summed E-state index contributed by atoms with van der Waals surface area (Å²) in [5.74, 6) is -1.60. The molecule has 2 heterocycles. The summed E-state index contributed by atoms with van der Waals surface area (Å²) in [5.41, 5.74) is 1.77. The summed E-state index contributed by atoms with van der Waals surface area (Å²) in [6, 6.07) is 10.9. The van der Waals surface area contributed by atoms with Crippen molar-refractivity contribution in [3.8, 4) is 11.1 Å². The Morgan fingerprint density at radius 3 is 2.61 bits per heavy atom. The minimum absolute atomic E-state index is 0.0294. The van der Waals surface area contributed by atoms with Gasteiger partial charge in [0, 0.05) is 35.2 Å². The number of pyridine rings is 1. The predicted octanol–water partition coefficient (Wildman–Crippen LogP) is 4.99. The topological polar surface area (TPSA) is 79.4 Å². The number of halogens is 3. The van der Waals surface area contributed by atoms with Crippen molar-refractivity contribution in [2.45, 2.75) is 6.42 Å². The van der Waals surface area contributed by atoms with Gasteiger partial charge in [-0.2, -0.15) is 0 Å². The number of hydrogen-bond acceptors (Lipinski definition) is 4. The van der Waals surface area contributed by atoms with Gasteiger partial charge in [-0.3, -0.25) is 14.1 Å². The van der Waals surface area contributed by atoms with E-state index in [4.69, 9.17) is 23.2 Å². The lowest BCUT2D eigenvalue weighted by Gasteiger charge is -2.19. The lowest BCUT2D eigenvalue weighted by Crippen LogP contribution is -2.26. The zero-order chi connectivity index (χ0) is 22.2. The largest absolute Gasteiger partial charge is 0.322 e. The maximum Gasteiger partial charge on any atom is 0.257 e. The third kappa shape index (κ3) is 4.51. The van der Waals surface area contributed by atoms with Crippen LogP contribution in [0, 0.1) is 5.82 Å². The molecule has 160 valence electrons. The third-order valence-electron chi connectivity index (χ3n) is 4.80. The highest BCUT2D eigenvalue weighted by molar-refractivity contribution is 7.93. The van der Waals surface area contributed by atoms with Crippen molar-refractivity contribution in [1.29, 1.82) is 0 Å². The fourth-order valence-electron chi connectivity index (χ4n) is 3.37. The molecule has 3 aromatic rings. The standard InChI is InChI=1S/C21H16Cl2FN3O3S/c22-15-7-14(13-3-1-4-25-12-13)8-16(9-15)26-21(28)18-10-17(11-19(24)20(18)23)27-5-2-6-31(27,29)30/h1,3-4,7-12H,2,5-6H2,(H,26,28). The molecule has 2 aromatic carbocycles. The Morgan fingerprint density at radius 2 is 1.94 bits per heavy atom. The van der Waals surface area contributed by atoms with E-state index in [-0.39, 0.29) is 23.5 Å². The first-order valence-corrected chi connectivity index (χ1v) is 11.6. The van der Waals surface area contributed by atoms with Crippen LogP contribution >= 0.6 is 23.2 Å². The minimum atomic E-state index is -3.54. The second kappa shape index (κ2) is 8.45. The number of carbonyl (C=O) groups excluding carboxylic acids is 1. The van der Waals surface area contributed by atoms with Crippen LogP contribution in [0.2, 0.25) is 10.0 Å². The van der Waals surface area contributed by atoms with Crippen molar-refractivity contribution in [3.05, 3.63) is 76.3 Å². The summed E-state index contributed by atoms with van der Waals surface area (Å²) in [6.45, 7) is 0.216. The van der Waals surface area contributed by atoms with Crippen molar-refractivity contribution >= 4 is 50.5 Å². The van der Waals surface area contributed by atoms with Crippen LogP contribution in [0.1, 0.15) is 16.8 Å². The Kier molecular flexibility index (Phi) is 5.88. The molecule has 6 nitrogen and oxygen atoms in total. The van der Waals surface area contributed by atoms with Crippen molar-refractivity contribution in [2.24, 2.45) is 0 Å². The summed E-state index contributed by atoms with van der Waals surface area (Å²) in [4.78, 5) is 17.0. The number of aromatic nitrogens is 1. The Balaban J connectivity index is 1.67. The van der Waals surface area contributed by atoms with E-state index in [2.05, 4.69) is 10.3 Å². The second-order valence-corrected chi connectivity index (χ2v) is 9.78. The molecule has 1 amide bonds. The van der Waals surface area contributed by atoms with Crippen LogP contribution in [0.4, 0.5) is 15.8 Å². The van der Waals surface area contributed by atoms with Crippen molar-refractivity contribution in [3.63, 3.8) is 0 Å². The number of nitrogens with one attached hydrogen (secondary N) is 1. The van der Waals surface area contributed by atoms with Gasteiger partial charge in [0.05, 0.1) is 22.0 Å². The Morgan fingerprint density at radius 1 is 1.13 bits per heavy atom. The average Bonchev–Trinajstić information content (AvgIpc) is 3.09. The molecule has 0 aliphatic carbocycles. The first-order chi connectivity index (χ1) is 14.7. The van der Waals surface area contributed by atoms with Gasteiger partial charge in [0.2, 0.25) is 10.0 Å². The van der Waals surface area contributed by atoms with Crippen molar-refractivity contribution in [2.75, 3.05) is 21.9 Å². The number of rotatable bonds is 4. The number of sulfonamides is 1. The quantitative estimate of drug-likeness (QED) is 0.571.